The third-order valence-corrected chi connectivity index (χ3v) is 8.61. The minimum atomic E-state index is 0.734. The first kappa shape index (κ1) is 33.6. The molecular weight excluding hydrogens is 524 g/mol. The number of ether oxygens (including phenoxy) is 2. The van der Waals surface area contributed by atoms with Crippen LogP contribution in [0.15, 0.2) is 42.5 Å². The van der Waals surface area contributed by atoms with Crippen molar-refractivity contribution in [1.29, 1.82) is 0 Å². The zero-order valence-corrected chi connectivity index (χ0v) is 27.0. The molecule has 228 valence electrons. The van der Waals surface area contributed by atoms with Crippen LogP contribution >= 0.6 is 11.6 Å². The van der Waals surface area contributed by atoms with Crippen LogP contribution in [0.3, 0.4) is 0 Å². The van der Waals surface area contributed by atoms with Crippen molar-refractivity contribution in [3.8, 4) is 11.5 Å². The summed E-state index contributed by atoms with van der Waals surface area (Å²) in [5.74, 6) is 1.91. The van der Waals surface area contributed by atoms with E-state index in [4.69, 9.17) is 21.1 Å². The molecule has 0 aliphatic heterocycles. The number of unbranched alkanes of at least 4 members (excludes halogenated alkanes) is 18. The SMILES string of the molecule is CCCCCCCCCCCCOc1c2ccccc2c(OCCCCCCCCCCCC)c2cc(Cl)ccc12. The van der Waals surface area contributed by atoms with Gasteiger partial charge in [-0.3, -0.25) is 0 Å². The Labute approximate surface area is 256 Å². The van der Waals surface area contributed by atoms with Gasteiger partial charge in [0.2, 0.25) is 0 Å². The average Bonchev–Trinajstić information content (AvgIpc) is 2.99. The van der Waals surface area contributed by atoms with E-state index in [1.807, 2.05) is 12.1 Å². The molecular formula is C38H57ClO2. The Morgan fingerprint density at radius 3 is 1.24 bits per heavy atom. The van der Waals surface area contributed by atoms with Gasteiger partial charge in [-0.05, 0) is 31.0 Å². The van der Waals surface area contributed by atoms with Gasteiger partial charge >= 0.3 is 0 Å². The van der Waals surface area contributed by atoms with Crippen molar-refractivity contribution in [2.75, 3.05) is 13.2 Å². The molecule has 0 heterocycles. The van der Waals surface area contributed by atoms with Gasteiger partial charge < -0.3 is 9.47 Å². The largest absolute Gasteiger partial charge is 0.492 e. The average molecular weight is 581 g/mol. The van der Waals surface area contributed by atoms with Crippen molar-refractivity contribution in [2.24, 2.45) is 0 Å². The second-order valence-electron chi connectivity index (χ2n) is 12.0. The lowest BCUT2D eigenvalue weighted by molar-refractivity contribution is 0.306. The van der Waals surface area contributed by atoms with Gasteiger partial charge in [0.05, 0.1) is 13.2 Å². The first-order valence-corrected chi connectivity index (χ1v) is 17.5. The van der Waals surface area contributed by atoms with Crippen LogP contribution < -0.4 is 9.47 Å². The molecule has 0 aromatic heterocycles. The van der Waals surface area contributed by atoms with Crippen LogP contribution in [0.1, 0.15) is 142 Å². The summed E-state index contributed by atoms with van der Waals surface area (Å²) in [6.07, 6.45) is 26.5. The fourth-order valence-electron chi connectivity index (χ4n) is 5.91. The fraction of sp³-hybridized carbons (Fsp3) is 0.632. The van der Waals surface area contributed by atoms with Crippen molar-refractivity contribution in [1.82, 2.24) is 0 Å². The van der Waals surface area contributed by atoms with Crippen LogP contribution in [0, 0.1) is 0 Å². The molecule has 0 atom stereocenters. The topological polar surface area (TPSA) is 18.5 Å². The lowest BCUT2D eigenvalue weighted by Crippen LogP contribution is -2.02. The number of benzene rings is 3. The zero-order valence-electron chi connectivity index (χ0n) is 26.3. The Morgan fingerprint density at radius 2 is 0.805 bits per heavy atom. The minimum absolute atomic E-state index is 0.734. The Morgan fingerprint density at radius 1 is 0.439 bits per heavy atom. The van der Waals surface area contributed by atoms with Crippen LogP contribution in [0.4, 0.5) is 0 Å². The molecule has 0 aliphatic rings. The minimum Gasteiger partial charge on any atom is -0.492 e. The van der Waals surface area contributed by atoms with Crippen LogP contribution in [0.25, 0.3) is 21.5 Å². The van der Waals surface area contributed by atoms with Gasteiger partial charge in [0.1, 0.15) is 11.5 Å². The van der Waals surface area contributed by atoms with Gasteiger partial charge in [0.25, 0.3) is 0 Å². The number of hydrogen-bond acceptors (Lipinski definition) is 2. The van der Waals surface area contributed by atoms with Gasteiger partial charge in [-0.1, -0.05) is 165 Å². The molecule has 0 amide bonds. The molecule has 0 saturated carbocycles. The quantitative estimate of drug-likeness (QED) is 0.0774. The summed E-state index contributed by atoms with van der Waals surface area (Å²) in [6, 6.07) is 14.6. The molecule has 0 N–H and O–H groups in total. The van der Waals surface area contributed by atoms with Crippen LogP contribution in [-0.4, -0.2) is 13.2 Å². The third kappa shape index (κ3) is 12.1. The lowest BCUT2D eigenvalue weighted by atomic mass is 10.0. The summed E-state index contributed by atoms with van der Waals surface area (Å²) in [4.78, 5) is 0. The van der Waals surface area contributed by atoms with Gasteiger partial charge in [-0.15, -0.1) is 0 Å². The molecule has 0 fully saturated rings. The lowest BCUT2D eigenvalue weighted by Gasteiger charge is -2.18. The Hall–Kier alpha value is -1.93. The summed E-state index contributed by atoms with van der Waals surface area (Å²) in [6.45, 7) is 6.05. The van der Waals surface area contributed by atoms with Gasteiger partial charge in [-0.2, -0.15) is 0 Å². The van der Waals surface area contributed by atoms with E-state index in [2.05, 4.69) is 44.2 Å². The van der Waals surface area contributed by atoms with E-state index in [0.29, 0.717) is 0 Å². The highest BCUT2D eigenvalue weighted by atomic mass is 35.5. The van der Waals surface area contributed by atoms with E-state index < -0.39 is 0 Å². The normalized spacial score (nSPS) is 11.5. The predicted octanol–water partition coefficient (Wildman–Crippen LogP) is 13.2. The smallest absolute Gasteiger partial charge is 0.135 e. The molecule has 0 unspecified atom stereocenters. The molecule has 0 spiro atoms. The molecule has 3 rings (SSSR count). The fourth-order valence-corrected chi connectivity index (χ4v) is 6.08. The summed E-state index contributed by atoms with van der Waals surface area (Å²) in [7, 11) is 0. The van der Waals surface area contributed by atoms with E-state index in [1.54, 1.807) is 0 Å². The predicted molar refractivity (Wildman–Crippen MR) is 181 cm³/mol. The first-order chi connectivity index (χ1) is 20.3. The molecule has 41 heavy (non-hydrogen) atoms. The highest BCUT2D eigenvalue weighted by molar-refractivity contribution is 6.31. The van der Waals surface area contributed by atoms with Crippen molar-refractivity contribution in [3.63, 3.8) is 0 Å². The second-order valence-corrected chi connectivity index (χ2v) is 12.4. The molecule has 3 aromatic carbocycles. The molecule has 2 nitrogen and oxygen atoms in total. The van der Waals surface area contributed by atoms with Crippen LogP contribution in [0.2, 0.25) is 5.02 Å². The molecule has 0 saturated heterocycles. The van der Waals surface area contributed by atoms with Crippen molar-refractivity contribution >= 4 is 33.1 Å². The maximum absolute atomic E-state index is 6.51. The maximum atomic E-state index is 6.51. The third-order valence-electron chi connectivity index (χ3n) is 8.38. The standard InChI is InChI=1S/C38H57ClO2/c1-3-5-7-9-11-13-15-17-19-23-29-40-37-33-25-21-22-26-34(33)38(36-31-32(39)27-28-35(36)37)41-30-24-20-18-16-14-12-10-8-6-4-2/h21-22,25-28,31H,3-20,23-24,29-30H2,1-2H3. The summed E-state index contributed by atoms with van der Waals surface area (Å²) < 4.78 is 13.0. The number of rotatable bonds is 24. The first-order valence-electron chi connectivity index (χ1n) is 17.2. The van der Waals surface area contributed by atoms with Gasteiger partial charge in [0.15, 0.2) is 0 Å². The van der Waals surface area contributed by atoms with Gasteiger partial charge in [0, 0.05) is 26.6 Å². The monoisotopic (exact) mass is 580 g/mol. The van der Waals surface area contributed by atoms with Crippen molar-refractivity contribution in [2.45, 2.75) is 142 Å². The number of halogens is 1. The van der Waals surface area contributed by atoms with Crippen LogP contribution in [0.5, 0.6) is 11.5 Å². The van der Waals surface area contributed by atoms with Crippen molar-refractivity contribution < 1.29 is 9.47 Å². The molecule has 3 heteroatoms. The number of hydrogen-bond donors (Lipinski definition) is 0. The van der Waals surface area contributed by atoms with E-state index >= 15 is 0 Å². The van der Waals surface area contributed by atoms with Crippen molar-refractivity contribution in [3.05, 3.63) is 47.5 Å². The highest BCUT2D eigenvalue weighted by Gasteiger charge is 2.16. The number of fused-ring (bicyclic) bond motifs is 2. The molecule has 0 radical (unpaired) electrons. The van der Waals surface area contributed by atoms with Gasteiger partial charge in [-0.25, -0.2) is 0 Å². The second kappa shape index (κ2) is 20.9. The summed E-state index contributed by atoms with van der Waals surface area (Å²) in [5.41, 5.74) is 0. The Kier molecular flexibility index (Phi) is 17.1. The van der Waals surface area contributed by atoms with E-state index in [9.17, 15) is 0 Å². The molecule has 3 aromatic rings. The Balaban J connectivity index is 1.52. The summed E-state index contributed by atoms with van der Waals surface area (Å²) in [5, 5.41) is 5.14. The van der Waals surface area contributed by atoms with Crippen LogP contribution in [-0.2, 0) is 0 Å². The molecule has 0 aliphatic carbocycles. The van der Waals surface area contributed by atoms with E-state index in [0.717, 1.165) is 64.1 Å². The zero-order chi connectivity index (χ0) is 29.0. The maximum Gasteiger partial charge on any atom is 0.135 e. The Bertz CT molecular complexity index is 1110. The van der Waals surface area contributed by atoms with E-state index in [-0.39, 0.29) is 0 Å². The highest BCUT2D eigenvalue weighted by Crippen LogP contribution is 2.43. The summed E-state index contributed by atoms with van der Waals surface area (Å²) >= 11 is 6.49. The van der Waals surface area contributed by atoms with E-state index in [1.165, 1.54) is 116 Å². The molecule has 0 bridgehead atoms.